The second kappa shape index (κ2) is 10.6. The van der Waals surface area contributed by atoms with Gasteiger partial charge in [0, 0.05) is 17.5 Å². The van der Waals surface area contributed by atoms with Crippen molar-refractivity contribution in [1.29, 1.82) is 0 Å². The lowest BCUT2D eigenvalue weighted by atomic mass is 9.97. The molecule has 0 radical (unpaired) electrons. The Morgan fingerprint density at radius 2 is 1.81 bits per heavy atom. The third-order valence-corrected chi connectivity index (χ3v) is 4.88. The number of hydrogen-bond acceptors (Lipinski definition) is 7. The Balaban J connectivity index is 2.55. The molecule has 0 fully saturated rings. The van der Waals surface area contributed by atoms with Gasteiger partial charge in [0.2, 0.25) is 16.0 Å². The first-order valence-corrected chi connectivity index (χ1v) is 11.7. The smallest absolute Gasteiger partial charge is 0.305 e. The van der Waals surface area contributed by atoms with Crippen molar-refractivity contribution in [3.8, 4) is 11.3 Å². The molecule has 0 saturated carbocycles. The number of carboxylic acids is 1. The number of nitrogens with one attached hydrogen (secondary N) is 1. The molecule has 2 aromatic rings. The lowest BCUT2D eigenvalue weighted by molar-refractivity contribution is -0.139. The molecule has 0 amide bonds. The van der Waals surface area contributed by atoms with Crippen LogP contribution in [0.2, 0.25) is 0 Å². The van der Waals surface area contributed by atoms with Crippen LogP contribution in [0.4, 0.5) is 10.3 Å². The number of aliphatic hydroxyl groups is 2. The highest BCUT2D eigenvalue weighted by Gasteiger charge is 2.19. The van der Waals surface area contributed by atoms with Gasteiger partial charge < -0.3 is 15.3 Å². The third kappa shape index (κ3) is 7.66. The van der Waals surface area contributed by atoms with Crippen molar-refractivity contribution in [3.05, 3.63) is 47.4 Å². The topological polar surface area (TPSA) is 150 Å². The number of anilines is 1. The second-order valence-electron chi connectivity index (χ2n) is 7.64. The maximum atomic E-state index is 13.4. The van der Waals surface area contributed by atoms with E-state index in [4.69, 9.17) is 5.11 Å². The quantitative estimate of drug-likeness (QED) is 0.416. The van der Waals surface area contributed by atoms with E-state index in [1.165, 1.54) is 36.4 Å². The minimum absolute atomic E-state index is 0.148. The Morgan fingerprint density at radius 3 is 2.34 bits per heavy atom. The first-order valence-electron chi connectivity index (χ1n) is 9.77. The fraction of sp³-hybridized carbons (Fsp3) is 0.381. The van der Waals surface area contributed by atoms with Crippen LogP contribution in [0, 0.1) is 5.82 Å². The van der Waals surface area contributed by atoms with Crippen molar-refractivity contribution in [2.75, 3.05) is 11.0 Å². The molecule has 1 heterocycles. The zero-order valence-electron chi connectivity index (χ0n) is 17.9. The highest BCUT2D eigenvalue weighted by Crippen LogP contribution is 2.30. The van der Waals surface area contributed by atoms with Gasteiger partial charge in [0.25, 0.3) is 0 Å². The number of hydrogen-bond donors (Lipinski definition) is 4. The van der Waals surface area contributed by atoms with Crippen LogP contribution < -0.4 is 4.72 Å². The summed E-state index contributed by atoms with van der Waals surface area (Å²) in [6.45, 7) is 3.68. The summed E-state index contributed by atoms with van der Waals surface area (Å²) in [7, 11) is -3.66. The highest BCUT2D eigenvalue weighted by atomic mass is 32.2. The summed E-state index contributed by atoms with van der Waals surface area (Å²) in [6.07, 6.45) is 0.779. The maximum absolute atomic E-state index is 13.4. The van der Waals surface area contributed by atoms with E-state index in [1.54, 1.807) is 0 Å². The van der Waals surface area contributed by atoms with E-state index in [0.717, 1.165) is 6.26 Å². The van der Waals surface area contributed by atoms with Crippen molar-refractivity contribution in [2.24, 2.45) is 0 Å². The molecule has 2 atom stereocenters. The number of benzene rings is 1. The number of aliphatic carboxylic acids is 1. The first-order chi connectivity index (χ1) is 14.9. The lowest BCUT2D eigenvalue weighted by Gasteiger charge is -2.17. The van der Waals surface area contributed by atoms with Crippen LogP contribution >= 0.6 is 0 Å². The molecule has 9 nitrogen and oxygen atoms in total. The predicted octanol–water partition coefficient (Wildman–Crippen LogP) is 2.38. The molecule has 1 aromatic carbocycles. The van der Waals surface area contributed by atoms with Crippen molar-refractivity contribution in [3.63, 3.8) is 0 Å². The predicted molar refractivity (Wildman–Crippen MR) is 118 cm³/mol. The molecule has 0 bridgehead atoms. The molecule has 4 N–H and O–H groups in total. The van der Waals surface area contributed by atoms with Gasteiger partial charge in [-0.3, -0.25) is 9.52 Å². The van der Waals surface area contributed by atoms with E-state index in [2.05, 4.69) is 14.7 Å². The Labute approximate surface area is 185 Å². The summed E-state index contributed by atoms with van der Waals surface area (Å²) < 4.78 is 39.1. The van der Waals surface area contributed by atoms with Gasteiger partial charge in [-0.15, -0.1) is 0 Å². The van der Waals surface area contributed by atoms with Crippen LogP contribution in [0.15, 0.2) is 30.3 Å². The second-order valence-corrected chi connectivity index (χ2v) is 9.39. The fourth-order valence-electron chi connectivity index (χ4n) is 2.98. The molecule has 0 spiro atoms. The number of carboxylic acid groups (broad SMARTS) is 1. The third-order valence-electron chi connectivity index (χ3n) is 4.33. The molecular formula is C21H26FN3O6S. The Bertz CT molecular complexity index is 1090. The van der Waals surface area contributed by atoms with Gasteiger partial charge in [-0.05, 0) is 30.2 Å². The molecule has 0 aliphatic heterocycles. The lowest BCUT2D eigenvalue weighted by Crippen LogP contribution is -2.19. The van der Waals surface area contributed by atoms with Gasteiger partial charge in [0.15, 0.2) is 0 Å². The van der Waals surface area contributed by atoms with E-state index < -0.39 is 40.4 Å². The van der Waals surface area contributed by atoms with Crippen molar-refractivity contribution < 1.29 is 32.9 Å². The van der Waals surface area contributed by atoms with E-state index in [0.29, 0.717) is 22.5 Å². The standard InChI is InChI=1S/C21H26FN3O6S/c1-12(2)19-17(9-8-15(26)10-16(27)11-18(28)29)20(13-4-6-14(22)7-5-13)24-21(23-19)25-32(3,30)31/h4-9,12,15-16,26-27H,10-11H2,1-3H3,(H,28,29)(H,23,24,25). The van der Waals surface area contributed by atoms with Gasteiger partial charge in [0.1, 0.15) is 5.82 Å². The van der Waals surface area contributed by atoms with E-state index >= 15 is 0 Å². The Morgan fingerprint density at radius 1 is 1.19 bits per heavy atom. The van der Waals surface area contributed by atoms with E-state index in [-0.39, 0.29) is 18.3 Å². The SMILES string of the molecule is CC(C)c1nc(NS(C)(=O)=O)nc(-c2ccc(F)cc2)c1C=CC(O)CC(O)CC(=O)O. The number of rotatable bonds is 10. The summed E-state index contributed by atoms with van der Waals surface area (Å²) >= 11 is 0. The van der Waals surface area contributed by atoms with Gasteiger partial charge in [-0.1, -0.05) is 26.0 Å². The number of nitrogens with zero attached hydrogens (tertiary/aromatic N) is 2. The van der Waals surface area contributed by atoms with Crippen molar-refractivity contribution in [1.82, 2.24) is 9.97 Å². The van der Waals surface area contributed by atoms with Crippen LogP contribution in [-0.4, -0.2) is 58.1 Å². The first kappa shape index (κ1) is 25.4. The number of aromatic nitrogens is 2. The van der Waals surface area contributed by atoms with Crippen molar-refractivity contribution in [2.45, 2.75) is 44.8 Å². The largest absolute Gasteiger partial charge is 0.481 e. The van der Waals surface area contributed by atoms with Crippen LogP contribution in [-0.2, 0) is 14.8 Å². The van der Waals surface area contributed by atoms with Gasteiger partial charge >= 0.3 is 5.97 Å². The fourth-order valence-corrected chi connectivity index (χ4v) is 3.40. The maximum Gasteiger partial charge on any atom is 0.305 e. The molecule has 0 aliphatic carbocycles. The Kier molecular flexibility index (Phi) is 8.42. The summed E-state index contributed by atoms with van der Waals surface area (Å²) in [4.78, 5) is 19.3. The van der Waals surface area contributed by atoms with Crippen LogP contribution in [0.25, 0.3) is 17.3 Å². The average molecular weight is 468 g/mol. The molecule has 174 valence electrons. The van der Waals surface area contributed by atoms with E-state index in [1.807, 2.05) is 13.8 Å². The molecule has 32 heavy (non-hydrogen) atoms. The van der Waals surface area contributed by atoms with Crippen LogP contribution in [0.3, 0.4) is 0 Å². The monoisotopic (exact) mass is 467 g/mol. The zero-order chi connectivity index (χ0) is 24.1. The van der Waals surface area contributed by atoms with Crippen LogP contribution in [0.1, 0.15) is 43.9 Å². The summed E-state index contributed by atoms with van der Waals surface area (Å²) in [5, 5.41) is 28.7. The van der Waals surface area contributed by atoms with E-state index in [9.17, 15) is 27.8 Å². The van der Waals surface area contributed by atoms with Crippen molar-refractivity contribution >= 4 is 28.0 Å². The molecular weight excluding hydrogens is 441 g/mol. The molecule has 0 aliphatic rings. The van der Waals surface area contributed by atoms with Gasteiger partial charge in [-0.25, -0.2) is 22.8 Å². The summed E-state index contributed by atoms with van der Waals surface area (Å²) in [6, 6.07) is 5.44. The molecule has 2 unspecified atom stereocenters. The molecule has 1 aromatic heterocycles. The number of carbonyl (C=O) groups is 1. The number of halogens is 1. The summed E-state index contributed by atoms with van der Waals surface area (Å²) in [5.41, 5.74) is 1.74. The molecule has 2 rings (SSSR count). The Hall–Kier alpha value is -2.89. The van der Waals surface area contributed by atoms with Gasteiger partial charge in [-0.2, -0.15) is 0 Å². The summed E-state index contributed by atoms with van der Waals surface area (Å²) in [5.74, 6) is -1.96. The zero-order valence-corrected chi connectivity index (χ0v) is 18.7. The molecule has 0 saturated heterocycles. The highest BCUT2D eigenvalue weighted by molar-refractivity contribution is 7.91. The normalized spacial score (nSPS) is 14.0. The minimum Gasteiger partial charge on any atom is -0.481 e. The number of aliphatic hydroxyl groups excluding tert-OH is 2. The van der Waals surface area contributed by atoms with Gasteiger partial charge in [0.05, 0.1) is 36.3 Å². The number of sulfonamides is 1. The average Bonchev–Trinajstić information content (AvgIpc) is 2.64. The molecule has 11 heteroatoms. The van der Waals surface area contributed by atoms with Crippen LogP contribution in [0.5, 0.6) is 0 Å². The minimum atomic E-state index is -3.66.